The van der Waals surface area contributed by atoms with Crippen molar-refractivity contribution in [3.8, 4) is 0 Å². The molecule has 0 unspecified atom stereocenters. The topological polar surface area (TPSA) is 42.3 Å². The van der Waals surface area contributed by atoms with E-state index in [2.05, 4.69) is 0 Å². The van der Waals surface area contributed by atoms with Gasteiger partial charge in [-0.15, -0.1) is 0 Å². The van der Waals surface area contributed by atoms with E-state index in [1.54, 1.807) is 48.7 Å². The molecule has 192 valence electrons. The Morgan fingerprint density at radius 2 is 1.86 bits per heavy atom. The number of aryl methyl sites for hydroxylation is 2. The zero-order valence-corrected chi connectivity index (χ0v) is 22.0. The van der Waals surface area contributed by atoms with Crippen LogP contribution >= 0.6 is 23.2 Å². The molecule has 2 aromatic carbocycles. The van der Waals surface area contributed by atoms with Gasteiger partial charge in [0.25, 0.3) is 5.91 Å². The van der Waals surface area contributed by atoms with Gasteiger partial charge in [-0.1, -0.05) is 30.1 Å². The summed E-state index contributed by atoms with van der Waals surface area (Å²) in [4.78, 5) is 26.9. The number of Topliss-reactive ketones (excluding diaryl/α,β-unsaturated/α-hetero) is 1. The van der Waals surface area contributed by atoms with Crippen LogP contribution in [0.1, 0.15) is 52.9 Å². The second-order valence-corrected chi connectivity index (χ2v) is 10.5. The van der Waals surface area contributed by atoms with Crippen molar-refractivity contribution in [2.24, 2.45) is 18.9 Å². The van der Waals surface area contributed by atoms with E-state index in [4.69, 9.17) is 23.2 Å². The number of amides is 1. The van der Waals surface area contributed by atoms with Crippen LogP contribution in [0.2, 0.25) is 10.0 Å². The SMILES string of the molecule is CC(=O)[C@H]1CCN(C(=O)c2ccc(Cl)c(Cc3cn(C)c4cc(C(F)(F)F)cc(C)c34)c2Cl)C[C@H]1C. The van der Waals surface area contributed by atoms with E-state index in [1.807, 2.05) is 6.92 Å². The molecule has 1 fully saturated rings. The first-order valence-corrected chi connectivity index (χ1v) is 12.5. The van der Waals surface area contributed by atoms with Gasteiger partial charge in [-0.05, 0) is 67.1 Å². The van der Waals surface area contributed by atoms with Crippen LogP contribution < -0.4 is 0 Å². The molecule has 36 heavy (non-hydrogen) atoms. The first-order chi connectivity index (χ1) is 16.8. The maximum atomic E-state index is 13.4. The van der Waals surface area contributed by atoms with Crippen molar-refractivity contribution in [3.63, 3.8) is 0 Å². The lowest BCUT2D eigenvalue weighted by Gasteiger charge is -2.36. The third-order valence-corrected chi connectivity index (χ3v) is 7.98. The monoisotopic (exact) mass is 538 g/mol. The highest BCUT2D eigenvalue weighted by atomic mass is 35.5. The molecule has 3 aromatic rings. The summed E-state index contributed by atoms with van der Waals surface area (Å²) >= 11 is 13.2. The molecule has 0 saturated carbocycles. The standard InChI is InChI=1S/C27H27Cl2F3N2O2/c1-14-9-18(27(30,31)32)11-23-24(14)17(13-33(23)4)10-21-22(28)6-5-20(25(21)29)26(36)34-8-7-19(16(3)35)15(2)12-34/h5-6,9,11,13,15,19H,7-8,10,12H2,1-4H3/t15-,19+/m1/s1. The Morgan fingerprint density at radius 1 is 1.17 bits per heavy atom. The van der Waals surface area contributed by atoms with Gasteiger partial charge in [-0.3, -0.25) is 9.59 Å². The molecular formula is C27H27Cl2F3N2O2. The lowest BCUT2D eigenvalue weighted by Crippen LogP contribution is -2.44. The Bertz CT molecular complexity index is 1360. The zero-order chi connectivity index (χ0) is 26.5. The molecule has 1 aliphatic heterocycles. The number of aromatic nitrogens is 1. The van der Waals surface area contributed by atoms with Crippen LogP contribution in [0.4, 0.5) is 13.2 Å². The molecular weight excluding hydrogens is 512 g/mol. The third kappa shape index (κ3) is 4.88. The lowest BCUT2D eigenvalue weighted by atomic mass is 9.84. The average Bonchev–Trinajstić information content (AvgIpc) is 3.11. The second-order valence-electron chi connectivity index (χ2n) is 9.75. The smallest absolute Gasteiger partial charge is 0.350 e. The minimum absolute atomic E-state index is 0.0472. The molecule has 2 atom stereocenters. The molecule has 0 radical (unpaired) electrons. The third-order valence-electron chi connectivity index (χ3n) is 7.19. The highest BCUT2D eigenvalue weighted by Crippen LogP contribution is 2.38. The first kappa shape index (κ1) is 26.6. The Kier molecular flexibility index (Phi) is 7.19. The van der Waals surface area contributed by atoms with Crippen molar-refractivity contribution >= 4 is 45.8 Å². The van der Waals surface area contributed by atoms with Crippen molar-refractivity contribution in [1.82, 2.24) is 9.47 Å². The molecule has 0 bridgehead atoms. The van der Waals surface area contributed by atoms with Gasteiger partial charge in [-0.25, -0.2) is 0 Å². The molecule has 4 nitrogen and oxygen atoms in total. The summed E-state index contributed by atoms with van der Waals surface area (Å²) in [5, 5.41) is 1.31. The molecule has 0 spiro atoms. The second kappa shape index (κ2) is 9.75. The van der Waals surface area contributed by atoms with E-state index >= 15 is 0 Å². The van der Waals surface area contributed by atoms with Crippen LogP contribution in [0, 0.1) is 18.8 Å². The van der Waals surface area contributed by atoms with Crippen molar-refractivity contribution in [2.75, 3.05) is 13.1 Å². The number of carbonyl (C=O) groups is 2. The number of halogens is 5. The van der Waals surface area contributed by atoms with Crippen LogP contribution in [0.25, 0.3) is 10.9 Å². The lowest BCUT2D eigenvalue weighted by molar-refractivity contribution is -0.137. The van der Waals surface area contributed by atoms with Crippen molar-refractivity contribution in [3.05, 3.63) is 68.3 Å². The summed E-state index contributed by atoms with van der Waals surface area (Å²) in [5.74, 6) is -0.103. The fourth-order valence-electron chi connectivity index (χ4n) is 5.35. The fourth-order valence-corrected chi connectivity index (χ4v) is 5.93. The van der Waals surface area contributed by atoms with Gasteiger partial charge in [0.05, 0.1) is 16.1 Å². The predicted octanol–water partition coefficient (Wildman–Crippen LogP) is 7.09. The summed E-state index contributed by atoms with van der Waals surface area (Å²) in [6, 6.07) is 5.51. The number of hydrogen-bond donors (Lipinski definition) is 0. The first-order valence-electron chi connectivity index (χ1n) is 11.7. The number of ketones is 1. The van der Waals surface area contributed by atoms with Gasteiger partial charge in [0.1, 0.15) is 5.78 Å². The molecule has 4 rings (SSSR count). The van der Waals surface area contributed by atoms with Crippen molar-refractivity contribution < 1.29 is 22.8 Å². The molecule has 1 amide bonds. The Hall–Kier alpha value is -2.51. The number of benzene rings is 2. The maximum Gasteiger partial charge on any atom is 0.416 e. The molecule has 1 saturated heterocycles. The van der Waals surface area contributed by atoms with E-state index in [0.717, 1.165) is 17.7 Å². The number of alkyl halides is 3. The van der Waals surface area contributed by atoms with E-state index in [9.17, 15) is 22.8 Å². The van der Waals surface area contributed by atoms with Crippen molar-refractivity contribution in [1.29, 1.82) is 0 Å². The van der Waals surface area contributed by atoms with Crippen LogP contribution in [0.3, 0.4) is 0 Å². The van der Waals surface area contributed by atoms with E-state index in [-0.39, 0.29) is 35.0 Å². The number of nitrogens with zero attached hydrogens (tertiary/aromatic N) is 2. The van der Waals surface area contributed by atoms with E-state index < -0.39 is 11.7 Å². The maximum absolute atomic E-state index is 13.4. The quantitative estimate of drug-likeness (QED) is 0.355. The van der Waals surface area contributed by atoms with Crippen LogP contribution in [-0.4, -0.2) is 34.2 Å². The minimum atomic E-state index is -4.44. The van der Waals surface area contributed by atoms with Crippen LogP contribution in [-0.2, 0) is 24.4 Å². The van der Waals surface area contributed by atoms with Gasteiger partial charge in [0, 0.05) is 54.6 Å². The Balaban J connectivity index is 1.68. The highest BCUT2D eigenvalue weighted by molar-refractivity contribution is 6.38. The number of piperidine rings is 1. The van der Waals surface area contributed by atoms with Gasteiger partial charge < -0.3 is 9.47 Å². The summed E-state index contributed by atoms with van der Waals surface area (Å²) < 4.78 is 41.7. The summed E-state index contributed by atoms with van der Waals surface area (Å²) in [7, 11) is 1.69. The molecule has 1 aliphatic rings. The number of rotatable bonds is 4. The normalized spacial score (nSPS) is 18.6. The number of hydrogen-bond acceptors (Lipinski definition) is 2. The summed E-state index contributed by atoms with van der Waals surface area (Å²) in [6.45, 7) is 6.12. The Morgan fingerprint density at radius 3 is 2.47 bits per heavy atom. The van der Waals surface area contributed by atoms with E-state index in [0.29, 0.717) is 52.1 Å². The fraction of sp³-hybridized carbons (Fsp3) is 0.407. The van der Waals surface area contributed by atoms with E-state index in [1.165, 1.54) is 0 Å². The predicted molar refractivity (Wildman–Crippen MR) is 136 cm³/mol. The molecule has 9 heteroatoms. The Labute approximate surface area is 218 Å². The molecule has 0 N–H and O–H groups in total. The summed E-state index contributed by atoms with van der Waals surface area (Å²) in [5.41, 5.74) is 1.88. The van der Waals surface area contributed by atoms with Crippen molar-refractivity contribution in [2.45, 2.75) is 39.8 Å². The molecule has 0 aliphatic carbocycles. The average molecular weight is 539 g/mol. The number of likely N-dealkylation sites (tertiary alicyclic amines) is 1. The molecule has 1 aromatic heterocycles. The molecule has 2 heterocycles. The van der Waals surface area contributed by atoms with Gasteiger partial charge >= 0.3 is 6.18 Å². The largest absolute Gasteiger partial charge is 0.416 e. The number of fused-ring (bicyclic) bond motifs is 1. The minimum Gasteiger partial charge on any atom is -0.350 e. The number of carbonyl (C=O) groups excluding carboxylic acids is 2. The van der Waals surface area contributed by atoms with Gasteiger partial charge in [-0.2, -0.15) is 13.2 Å². The van der Waals surface area contributed by atoms with Gasteiger partial charge in [0.2, 0.25) is 0 Å². The summed E-state index contributed by atoms with van der Waals surface area (Å²) in [6.07, 6.45) is -1.81. The van der Waals surface area contributed by atoms with Gasteiger partial charge in [0.15, 0.2) is 0 Å². The van der Waals surface area contributed by atoms with Crippen LogP contribution in [0.15, 0.2) is 30.5 Å². The van der Waals surface area contributed by atoms with Crippen LogP contribution in [0.5, 0.6) is 0 Å². The highest BCUT2D eigenvalue weighted by Gasteiger charge is 2.33. The zero-order valence-electron chi connectivity index (χ0n) is 20.5.